The Kier molecular flexibility index (Phi) is 3.75. The van der Waals surface area contributed by atoms with Crippen LogP contribution in [0.5, 0.6) is 0 Å². The lowest BCUT2D eigenvalue weighted by Crippen LogP contribution is -2.42. The van der Waals surface area contributed by atoms with Crippen LogP contribution in [0, 0.1) is 0 Å². The van der Waals surface area contributed by atoms with Crippen molar-refractivity contribution in [1.29, 1.82) is 0 Å². The zero-order valence-electron chi connectivity index (χ0n) is 11.7. The molecule has 0 aliphatic carbocycles. The number of hydrogen-bond donors (Lipinski definition) is 2. The molecule has 2 N–H and O–H groups in total. The van der Waals surface area contributed by atoms with Gasteiger partial charge in [-0.1, -0.05) is 25.1 Å². The van der Waals surface area contributed by atoms with Crippen molar-refractivity contribution in [2.24, 2.45) is 5.10 Å². The lowest BCUT2D eigenvalue weighted by Gasteiger charge is -2.17. The molecule has 1 saturated heterocycles. The fourth-order valence-corrected chi connectivity index (χ4v) is 1.94. The number of carboxylic acids is 1. The Hall–Kier alpha value is -2.70. The van der Waals surface area contributed by atoms with E-state index in [0.717, 1.165) is 5.01 Å². The van der Waals surface area contributed by atoms with Crippen molar-refractivity contribution in [2.45, 2.75) is 25.8 Å². The van der Waals surface area contributed by atoms with Crippen molar-refractivity contribution < 1.29 is 19.5 Å². The molecule has 110 valence electrons. The number of nitrogens with zero attached hydrogens (tertiary/aromatic N) is 2. The monoisotopic (exact) mass is 289 g/mol. The van der Waals surface area contributed by atoms with Gasteiger partial charge in [0.25, 0.3) is 5.91 Å². The summed E-state index contributed by atoms with van der Waals surface area (Å²) in [4.78, 5) is 35.0. The van der Waals surface area contributed by atoms with E-state index in [-0.39, 0.29) is 5.56 Å². The topological polar surface area (TPSA) is 99.1 Å². The zero-order valence-corrected chi connectivity index (χ0v) is 11.7. The molecule has 0 saturated carbocycles. The minimum absolute atomic E-state index is 0.0477. The fourth-order valence-electron chi connectivity index (χ4n) is 1.94. The van der Waals surface area contributed by atoms with Gasteiger partial charge in [0.1, 0.15) is 5.54 Å². The maximum Gasteiger partial charge on any atom is 0.346 e. The zero-order chi connectivity index (χ0) is 15.6. The van der Waals surface area contributed by atoms with Crippen LogP contribution in [0.1, 0.15) is 36.2 Å². The van der Waals surface area contributed by atoms with Crippen LogP contribution in [0.4, 0.5) is 4.79 Å². The predicted molar refractivity (Wildman–Crippen MR) is 75.1 cm³/mol. The van der Waals surface area contributed by atoms with Crippen LogP contribution in [0.25, 0.3) is 0 Å². The highest BCUT2D eigenvalue weighted by Gasteiger charge is 2.46. The minimum Gasteiger partial charge on any atom is -0.478 e. The first-order valence-electron chi connectivity index (χ1n) is 6.42. The van der Waals surface area contributed by atoms with E-state index in [1.807, 2.05) is 0 Å². The standard InChI is InChI=1S/C14H15N3O4/c1-3-14(2)12(20)17(13(21)16-14)15-8-9-6-4-5-7-10(9)11(18)19/h4-8H,3H2,1-2H3,(H,16,21)(H,18,19). The molecule has 3 amide bonds. The van der Waals surface area contributed by atoms with E-state index in [4.69, 9.17) is 5.11 Å². The highest BCUT2D eigenvalue weighted by atomic mass is 16.4. The first-order valence-corrected chi connectivity index (χ1v) is 6.42. The molecule has 7 nitrogen and oxygen atoms in total. The number of rotatable bonds is 4. The van der Waals surface area contributed by atoms with Gasteiger partial charge < -0.3 is 10.4 Å². The average molecular weight is 289 g/mol. The number of carboxylic acid groups (broad SMARTS) is 1. The molecule has 1 aromatic rings. The number of amides is 3. The second-order valence-corrected chi connectivity index (χ2v) is 4.87. The quantitative estimate of drug-likeness (QED) is 0.647. The third-order valence-electron chi connectivity index (χ3n) is 3.45. The molecule has 1 aliphatic heterocycles. The van der Waals surface area contributed by atoms with Gasteiger partial charge in [0, 0.05) is 5.56 Å². The summed E-state index contributed by atoms with van der Waals surface area (Å²) in [6.45, 7) is 3.40. The molecule has 0 spiro atoms. The van der Waals surface area contributed by atoms with Crippen LogP contribution >= 0.6 is 0 Å². The summed E-state index contributed by atoms with van der Waals surface area (Å²) in [6.07, 6.45) is 1.64. The van der Waals surface area contributed by atoms with Crippen molar-refractivity contribution in [2.75, 3.05) is 0 Å². The fraction of sp³-hybridized carbons (Fsp3) is 0.286. The number of nitrogens with one attached hydrogen (secondary N) is 1. The Balaban J connectivity index is 2.29. The Morgan fingerprint density at radius 2 is 2.10 bits per heavy atom. The third kappa shape index (κ3) is 2.62. The molecule has 0 aromatic heterocycles. The van der Waals surface area contributed by atoms with Gasteiger partial charge in [-0.2, -0.15) is 5.10 Å². The van der Waals surface area contributed by atoms with Crippen LogP contribution in [0.15, 0.2) is 29.4 Å². The number of imide groups is 1. The molecule has 1 heterocycles. The summed E-state index contributed by atoms with van der Waals surface area (Å²) < 4.78 is 0. The maximum atomic E-state index is 12.1. The van der Waals surface area contributed by atoms with Crippen LogP contribution in [-0.2, 0) is 4.79 Å². The van der Waals surface area contributed by atoms with Gasteiger partial charge in [0.15, 0.2) is 0 Å². The molecule has 7 heteroatoms. The number of hydrogen-bond acceptors (Lipinski definition) is 4. The van der Waals surface area contributed by atoms with Gasteiger partial charge in [-0.15, -0.1) is 5.01 Å². The van der Waals surface area contributed by atoms with Gasteiger partial charge >= 0.3 is 12.0 Å². The molecule has 0 radical (unpaired) electrons. The molecule has 1 unspecified atom stereocenters. The SMILES string of the molecule is CCC1(C)NC(=O)N(N=Cc2ccccc2C(=O)O)C1=O. The van der Waals surface area contributed by atoms with Crippen LogP contribution in [-0.4, -0.2) is 39.8 Å². The van der Waals surface area contributed by atoms with Crippen molar-refractivity contribution in [1.82, 2.24) is 10.3 Å². The summed E-state index contributed by atoms with van der Waals surface area (Å²) in [5, 5.41) is 16.2. The highest BCUT2D eigenvalue weighted by molar-refractivity contribution is 6.07. The van der Waals surface area contributed by atoms with Crippen molar-refractivity contribution in [3.05, 3.63) is 35.4 Å². The molecule has 1 atom stereocenters. The van der Waals surface area contributed by atoms with E-state index in [1.165, 1.54) is 12.3 Å². The number of aromatic carboxylic acids is 1. The number of benzene rings is 1. The molecule has 1 fully saturated rings. The van der Waals surface area contributed by atoms with Crippen LogP contribution < -0.4 is 5.32 Å². The predicted octanol–water partition coefficient (Wildman–Crippen LogP) is 1.44. The lowest BCUT2D eigenvalue weighted by atomic mass is 10.00. The van der Waals surface area contributed by atoms with Crippen LogP contribution in [0.3, 0.4) is 0 Å². The van der Waals surface area contributed by atoms with E-state index in [2.05, 4.69) is 10.4 Å². The highest BCUT2D eigenvalue weighted by Crippen LogP contribution is 2.21. The van der Waals surface area contributed by atoms with E-state index in [9.17, 15) is 14.4 Å². The van der Waals surface area contributed by atoms with E-state index >= 15 is 0 Å². The molecule has 2 rings (SSSR count). The lowest BCUT2D eigenvalue weighted by molar-refractivity contribution is -0.130. The second kappa shape index (κ2) is 5.35. The summed E-state index contributed by atoms with van der Waals surface area (Å²) in [5.41, 5.74) is -0.608. The molecule has 1 aromatic carbocycles. The maximum absolute atomic E-state index is 12.1. The molecular formula is C14H15N3O4. The molecule has 1 aliphatic rings. The summed E-state index contributed by atoms with van der Waals surface area (Å²) >= 11 is 0. The Morgan fingerprint density at radius 3 is 2.67 bits per heavy atom. The molecule has 0 bridgehead atoms. The first-order chi connectivity index (χ1) is 9.89. The van der Waals surface area contributed by atoms with Crippen LogP contribution in [0.2, 0.25) is 0 Å². The van der Waals surface area contributed by atoms with Gasteiger partial charge in [0.2, 0.25) is 0 Å². The summed E-state index contributed by atoms with van der Waals surface area (Å²) in [7, 11) is 0. The van der Waals surface area contributed by atoms with Gasteiger partial charge in [-0.3, -0.25) is 4.79 Å². The van der Waals surface area contributed by atoms with Gasteiger partial charge in [-0.05, 0) is 19.4 Å². The first kappa shape index (κ1) is 14.7. The van der Waals surface area contributed by atoms with E-state index in [0.29, 0.717) is 12.0 Å². The number of carbonyl (C=O) groups excluding carboxylic acids is 2. The number of carbonyl (C=O) groups is 3. The molecular weight excluding hydrogens is 274 g/mol. The third-order valence-corrected chi connectivity index (χ3v) is 3.45. The van der Waals surface area contributed by atoms with Crippen molar-refractivity contribution >= 4 is 24.1 Å². The average Bonchev–Trinajstić information content (AvgIpc) is 2.68. The van der Waals surface area contributed by atoms with Crippen molar-refractivity contribution in [3.8, 4) is 0 Å². The Labute approximate surface area is 121 Å². The number of urea groups is 1. The summed E-state index contributed by atoms with van der Waals surface area (Å²) in [6, 6.07) is 5.59. The Bertz CT molecular complexity index is 641. The normalized spacial score (nSPS) is 21.9. The van der Waals surface area contributed by atoms with Gasteiger partial charge in [0.05, 0.1) is 11.8 Å². The molecule has 21 heavy (non-hydrogen) atoms. The minimum atomic E-state index is -1.10. The summed E-state index contributed by atoms with van der Waals surface area (Å²) in [5.74, 6) is -1.56. The second-order valence-electron chi connectivity index (χ2n) is 4.87. The van der Waals surface area contributed by atoms with E-state index in [1.54, 1.807) is 32.0 Å². The largest absolute Gasteiger partial charge is 0.478 e. The van der Waals surface area contributed by atoms with E-state index < -0.39 is 23.4 Å². The Morgan fingerprint density at radius 1 is 1.43 bits per heavy atom. The smallest absolute Gasteiger partial charge is 0.346 e. The van der Waals surface area contributed by atoms with Crippen molar-refractivity contribution in [3.63, 3.8) is 0 Å². The number of hydrazone groups is 1. The van der Waals surface area contributed by atoms with Gasteiger partial charge in [-0.25, -0.2) is 9.59 Å².